The normalized spacial score (nSPS) is 10.5. The fourth-order valence-electron chi connectivity index (χ4n) is 3.21. The number of rotatable bonds is 6. The predicted octanol–water partition coefficient (Wildman–Crippen LogP) is 5.14. The lowest BCUT2D eigenvalue weighted by molar-refractivity contribution is -0.118. The minimum absolute atomic E-state index is 0.152. The molecule has 0 saturated heterocycles. The van der Waals surface area contributed by atoms with Gasteiger partial charge in [-0.25, -0.2) is 4.79 Å². The number of ether oxygens (including phenoxy) is 2. The average molecular weight is 410 g/mol. The molecule has 0 atom stereocenters. The van der Waals surface area contributed by atoms with Crippen LogP contribution in [0.2, 0.25) is 0 Å². The smallest absolute Gasteiger partial charge is 0.341 e. The molecule has 0 fully saturated rings. The van der Waals surface area contributed by atoms with Crippen molar-refractivity contribution in [3.63, 3.8) is 0 Å². The van der Waals surface area contributed by atoms with Gasteiger partial charge >= 0.3 is 5.97 Å². The molecule has 150 valence electrons. The predicted molar refractivity (Wildman–Crippen MR) is 116 cm³/mol. The molecular formula is C23H23NO4S. The second-order valence-corrected chi connectivity index (χ2v) is 7.98. The molecule has 3 aromatic rings. The van der Waals surface area contributed by atoms with Crippen molar-refractivity contribution in [2.75, 3.05) is 19.0 Å². The fourth-order valence-corrected chi connectivity index (χ4v) is 4.29. The van der Waals surface area contributed by atoms with Crippen LogP contribution in [-0.2, 0) is 9.53 Å². The van der Waals surface area contributed by atoms with E-state index in [2.05, 4.69) is 5.32 Å². The van der Waals surface area contributed by atoms with Crippen LogP contribution in [0.4, 0.5) is 5.00 Å². The summed E-state index contributed by atoms with van der Waals surface area (Å²) in [4.78, 5) is 25.9. The summed E-state index contributed by atoms with van der Waals surface area (Å²) in [5, 5.41) is 3.27. The van der Waals surface area contributed by atoms with Crippen molar-refractivity contribution < 1.29 is 19.1 Å². The number of hydrogen-bond acceptors (Lipinski definition) is 5. The summed E-state index contributed by atoms with van der Waals surface area (Å²) in [7, 11) is 1.33. The molecule has 0 spiro atoms. The lowest BCUT2D eigenvalue weighted by Gasteiger charge is -2.10. The van der Waals surface area contributed by atoms with Gasteiger partial charge in [0.2, 0.25) is 0 Å². The molecule has 1 amide bonds. The maximum atomic E-state index is 12.5. The van der Waals surface area contributed by atoms with Crippen LogP contribution in [0.3, 0.4) is 0 Å². The molecule has 1 heterocycles. The molecule has 1 N–H and O–H groups in total. The molecule has 0 aliphatic carbocycles. The van der Waals surface area contributed by atoms with Crippen LogP contribution < -0.4 is 10.1 Å². The summed E-state index contributed by atoms with van der Waals surface area (Å²) in [6, 6.07) is 15.4. The van der Waals surface area contributed by atoms with E-state index in [4.69, 9.17) is 9.47 Å². The van der Waals surface area contributed by atoms with Crippen LogP contribution in [0.25, 0.3) is 11.1 Å². The number of carbonyl (C=O) groups is 2. The minimum atomic E-state index is -0.487. The molecule has 29 heavy (non-hydrogen) atoms. The SMILES string of the molecule is COC(=O)c1c(NC(=O)COc2cc(C)cc(C)c2)sc(C)c1-c1ccccc1. The first-order valence-electron chi connectivity index (χ1n) is 9.17. The highest BCUT2D eigenvalue weighted by Gasteiger charge is 2.25. The first kappa shape index (κ1) is 20.6. The van der Waals surface area contributed by atoms with Gasteiger partial charge in [-0.15, -0.1) is 11.3 Å². The summed E-state index contributed by atoms with van der Waals surface area (Å²) in [6.07, 6.45) is 0. The van der Waals surface area contributed by atoms with E-state index in [0.29, 0.717) is 16.3 Å². The Kier molecular flexibility index (Phi) is 6.34. The molecule has 5 nitrogen and oxygen atoms in total. The third-order valence-corrected chi connectivity index (χ3v) is 5.37. The van der Waals surface area contributed by atoms with E-state index < -0.39 is 5.97 Å². The summed E-state index contributed by atoms with van der Waals surface area (Å²) < 4.78 is 10.6. The number of methoxy groups -OCH3 is 1. The van der Waals surface area contributed by atoms with Gasteiger partial charge in [0.05, 0.1) is 7.11 Å². The number of amides is 1. The highest BCUT2D eigenvalue weighted by atomic mass is 32.1. The van der Waals surface area contributed by atoms with Crippen LogP contribution >= 0.6 is 11.3 Å². The van der Waals surface area contributed by atoms with E-state index in [-0.39, 0.29) is 12.5 Å². The van der Waals surface area contributed by atoms with E-state index >= 15 is 0 Å². The van der Waals surface area contributed by atoms with Crippen LogP contribution in [0.1, 0.15) is 26.4 Å². The Bertz CT molecular complexity index is 1020. The van der Waals surface area contributed by atoms with Crippen LogP contribution in [0.15, 0.2) is 48.5 Å². The lowest BCUT2D eigenvalue weighted by atomic mass is 10.0. The number of benzene rings is 2. The van der Waals surface area contributed by atoms with Gasteiger partial charge in [-0.3, -0.25) is 4.79 Å². The second kappa shape index (κ2) is 8.92. The molecule has 3 rings (SSSR count). The number of hydrogen-bond donors (Lipinski definition) is 1. The molecule has 0 radical (unpaired) electrons. The average Bonchev–Trinajstić information content (AvgIpc) is 3.01. The third kappa shape index (κ3) is 4.84. The van der Waals surface area contributed by atoms with Crippen LogP contribution in [0, 0.1) is 20.8 Å². The Labute approximate surface area is 174 Å². The van der Waals surface area contributed by atoms with Gasteiger partial charge in [-0.05, 0) is 49.6 Å². The van der Waals surface area contributed by atoms with Gasteiger partial charge in [-0.1, -0.05) is 36.4 Å². The van der Waals surface area contributed by atoms with Gasteiger partial charge in [0.1, 0.15) is 16.3 Å². The van der Waals surface area contributed by atoms with Crippen molar-refractivity contribution in [2.45, 2.75) is 20.8 Å². The Morgan fingerprint density at radius 2 is 1.66 bits per heavy atom. The van der Waals surface area contributed by atoms with Gasteiger partial charge in [0, 0.05) is 10.4 Å². The van der Waals surface area contributed by atoms with Crippen molar-refractivity contribution in [3.8, 4) is 16.9 Å². The Hall–Kier alpha value is -3.12. The molecule has 0 aliphatic heterocycles. The number of thiophene rings is 1. The Morgan fingerprint density at radius 3 is 2.28 bits per heavy atom. The summed E-state index contributed by atoms with van der Waals surface area (Å²) in [5.74, 6) is -0.188. The van der Waals surface area contributed by atoms with E-state index in [1.165, 1.54) is 18.4 Å². The molecule has 2 aromatic carbocycles. The molecule has 0 unspecified atom stereocenters. The van der Waals surface area contributed by atoms with Crippen molar-refractivity contribution >= 4 is 28.2 Å². The van der Waals surface area contributed by atoms with E-state index in [9.17, 15) is 9.59 Å². The molecule has 6 heteroatoms. The van der Waals surface area contributed by atoms with Gasteiger partial charge in [0.25, 0.3) is 5.91 Å². The first-order chi connectivity index (χ1) is 13.9. The quantitative estimate of drug-likeness (QED) is 0.572. The fraction of sp³-hybridized carbons (Fsp3) is 0.217. The number of esters is 1. The highest BCUT2D eigenvalue weighted by Crippen LogP contribution is 2.40. The zero-order chi connectivity index (χ0) is 21.0. The van der Waals surface area contributed by atoms with E-state index in [0.717, 1.165) is 27.1 Å². The maximum Gasteiger partial charge on any atom is 0.341 e. The first-order valence-corrected chi connectivity index (χ1v) is 9.98. The van der Waals surface area contributed by atoms with Crippen LogP contribution in [0.5, 0.6) is 5.75 Å². The van der Waals surface area contributed by atoms with Crippen molar-refractivity contribution in [1.82, 2.24) is 0 Å². The number of nitrogens with one attached hydrogen (secondary N) is 1. The minimum Gasteiger partial charge on any atom is -0.484 e. The zero-order valence-electron chi connectivity index (χ0n) is 16.9. The second-order valence-electron chi connectivity index (χ2n) is 6.76. The summed E-state index contributed by atoms with van der Waals surface area (Å²) in [6.45, 7) is 5.71. The standard InChI is InChI=1S/C23H23NO4S/c1-14-10-15(2)12-18(11-14)28-13-19(25)24-22-21(23(26)27-4)20(16(3)29-22)17-8-6-5-7-9-17/h5-12H,13H2,1-4H3,(H,24,25). The molecular weight excluding hydrogens is 386 g/mol. The Morgan fingerprint density at radius 1 is 1.00 bits per heavy atom. The summed E-state index contributed by atoms with van der Waals surface area (Å²) >= 11 is 1.35. The largest absolute Gasteiger partial charge is 0.484 e. The molecule has 0 saturated carbocycles. The number of anilines is 1. The van der Waals surface area contributed by atoms with Gasteiger partial charge < -0.3 is 14.8 Å². The van der Waals surface area contributed by atoms with Crippen molar-refractivity contribution in [2.24, 2.45) is 0 Å². The van der Waals surface area contributed by atoms with E-state index in [1.54, 1.807) is 0 Å². The molecule has 0 bridgehead atoms. The van der Waals surface area contributed by atoms with Crippen molar-refractivity contribution in [1.29, 1.82) is 0 Å². The maximum absolute atomic E-state index is 12.5. The highest BCUT2D eigenvalue weighted by molar-refractivity contribution is 7.17. The van der Waals surface area contributed by atoms with Gasteiger partial charge in [0.15, 0.2) is 6.61 Å². The number of carbonyl (C=O) groups excluding carboxylic acids is 2. The zero-order valence-corrected chi connectivity index (χ0v) is 17.7. The Balaban J connectivity index is 1.83. The lowest BCUT2D eigenvalue weighted by Crippen LogP contribution is -2.21. The molecule has 0 aliphatic rings. The molecule has 1 aromatic heterocycles. The number of aryl methyl sites for hydroxylation is 3. The third-order valence-electron chi connectivity index (χ3n) is 4.35. The van der Waals surface area contributed by atoms with Crippen molar-refractivity contribution in [3.05, 3.63) is 70.1 Å². The van der Waals surface area contributed by atoms with Gasteiger partial charge in [-0.2, -0.15) is 0 Å². The van der Waals surface area contributed by atoms with E-state index in [1.807, 2.05) is 69.3 Å². The topological polar surface area (TPSA) is 64.6 Å². The summed E-state index contributed by atoms with van der Waals surface area (Å²) in [5.41, 5.74) is 4.16. The van der Waals surface area contributed by atoms with Crippen LogP contribution in [-0.4, -0.2) is 25.6 Å². The monoisotopic (exact) mass is 409 g/mol.